The van der Waals surface area contributed by atoms with Crippen LogP contribution in [0, 0.1) is 0 Å². The number of fused-ring (bicyclic) bond motifs is 1. The van der Waals surface area contributed by atoms with Crippen molar-refractivity contribution in [2.75, 3.05) is 6.61 Å². The molecule has 3 rings (SSSR count). The van der Waals surface area contributed by atoms with E-state index in [9.17, 15) is 9.59 Å². The molecule has 0 spiro atoms. The van der Waals surface area contributed by atoms with E-state index in [1.54, 1.807) is 17.9 Å². The monoisotopic (exact) mass is 349 g/mol. The Kier molecular flexibility index (Phi) is 4.68. The third-order valence-corrected chi connectivity index (χ3v) is 5.14. The van der Waals surface area contributed by atoms with Crippen LogP contribution < -0.4 is 0 Å². The molecule has 0 saturated heterocycles. The van der Waals surface area contributed by atoms with Crippen LogP contribution in [0.1, 0.15) is 40.9 Å². The molecule has 0 aliphatic carbocycles. The van der Waals surface area contributed by atoms with E-state index in [0.29, 0.717) is 23.1 Å². The minimum absolute atomic E-state index is 0.0721. The van der Waals surface area contributed by atoms with E-state index in [1.807, 2.05) is 29.6 Å². The average Bonchev–Trinajstić information content (AvgIpc) is 3.05. The van der Waals surface area contributed by atoms with E-state index in [0.717, 1.165) is 11.1 Å². The standard InChI is InChI=1S/C17H16ClNO3S/c1-2-22-15(20)9-14-12-5-3-4-6-13(12)17(21)19(14)10-11-7-8-23-16(11)18/h3-8,14H,2,9-10H2,1H3. The lowest BCUT2D eigenvalue weighted by molar-refractivity contribution is -0.144. The molecule has 1 atom stereocenters. The summed E-state index contributed by atoms with van der Waals surface area (Å²) in [4.78, 5) is 26.4. The molecular weight excluding hydrogens is 334 g/mol. The molecule has 0 bridgehead atoms. The molecule has 120 valence electrons. The van der Waals surface area contributed by atoms with Crippen LogP contribution >= 0.6 is 22.9 Å². The Morgan fingerprint density at radius 3 is 2.83 bits per heavy atom. The van der Waals surface area contributed by atoms with Crippen LogP contribution in [0.4, 0.5) is 0 Å². The predicted molar refractivity (Wildman–Crippen MR) is 89.6 cm³/mol. The van der Waals surface area contributed by atoms with Crippen molar-refractivity contribution in [2.45, 2.75) is 25.9 Å². The first-order chi connectivity index (χ1) is 11.1. The van der Waals surface area contributed by atoms with Crippen molar-refractivity contribution in [3.63, 3.8) is 0 Å². The fourth-order valence-corrected chi connectivity index (χ4v) is 3.75. The van der Waals surface area contributed by atoms with E-state index in [-0.39, 0.29) is 24.3 Å². The van der Waals surface area contributed by atoms with Gasteiger partial charge in [-0.25, -0.2) is 0 Å². The summed E-state index contributed by atoms with van der Waals surface area (Å²) in [6, 6.07) is 9.00. The minimum atomic E-state index is -0.311. The maximum Gasteiger partial charge on any atom is 0.308 e. The normalized spacial score (nSPS) is 16.5. The Labute approximate surface area is 143 Å². The second kappa shape index (κ2) is 6.72. The van der Waals surface area contributed by atoms with Crippen molar-refractivity contribution < 1.29 is 14.3 Å². The van der Waals surface area contributed by atoms with Crippen LogP contribution in [0.15, 0.2) is 35.7 Å². The van der Waals surface area contributed by atoms with Gasteiger partial charge in [-0.2, -0.15) is 0 Å². The van der Waals surface area contributed by atoms with Crippen LogP contribution in [0.5, 0.6) is 0 Å². The topological polar surface area (TPSA) is 46.6 Å². The fraction of sp³-hybridized carbons (Fsp3) is 0.294. The minimum Gasteiger partial charge on any atom is -0.466 e. The first-order valence-corrected chi connectivity index (χ1v) is 8.65. The number of esters is 1. The van der Waals surface area contributed by atoms with E-state index in [4.69, 9.17) is 16.3 Å². The number of hydrogen-bond acceptors (Lipinski definition) is 4. The van der Waals surface area contributed by atoms with Gasteiger partial charge in [-0.1, -0.05) is 29.8 Å². The molecule has 0 saturated carbocycles. The molecular formula is C17H16ClNO3S. The maximum atomic E-state index is 12.7. The number of nitrogens with zero attached hydrogens (tertiary/aromatic N) is 1. The summed E-state index contributed by atoms with van der Waals surface area (Å²) in [7, 11) is 0. The van der Waals surface area contributed by atoms with E-state index in [2.05, 4.69) is 0 Å². The molecule has 1 aromatic heterocycles. The van der Waals surface area contributed by atoms with Crippen LogP contribution in [-0.2, 0) is 16.1 Å². The summed E-state index contributed by atoms with van der Waals surface area (Å²) in [6.45, 7) is 2.49. The first-order valence-electron chi connectivity index (χ1n) is 7.39. The van der Waals surface area contributed by atoms with E-state index < -0.39 is 0 Å². The highest BCUT2D eigenvalue weighted by molar-refractivity contribution is 7.14. The third kappa shape index (κ3) is 3.12. The van der Waals surface area contributed by atoms with Crippen LogP contribution in [0.25, 0.3) is 0 Å². The molecule has 1 aliphatic rings. The fourth-order valence-electron chi connectivity index (χ4n) is 2.84. The summed E-state index contributed by atoms with van der Waals surface area (Å²) in [5.41, 5.74) is 2.41. The Balaban J connectivity index is 1.91. The Morgan fingerprint density at radius 1 is 1.35 bits per heavy atom. The van der Waals surface area contributed by atoms with Gasteiger partial charge >= 0.3 is 5.97 Å². The lowest BCUT2D eigenvalue weighted by Gasteiger charge is -2.24. The maximum absolute atomic E-state index is 12.7. The first kappa shape index (κ1) is 16.0. The molecule has 0 fully saturated rings. The average molecular weight is 350 g/mol. The van der Waals surface area contributed by atoms with Crippen molar-refractivity contribution in [2.24, 2.45) is 0 Å². The van der Waals surface area contributed by atoms with Gasteiger partial charge in [0.1, 0.15) is 0 Å². The van der Waals surface area contributed by atoms with Gasteiger partial charge in [0.25, 0.3) is 5.91 Å². The van der Waals surface area contributed by atoms with Gasteiger partial charge in [0.15, 0.2) is 0 Å². The molecule has 6 heteroatoms. The van der Waals surface area contributed by atoms with Crippen molar-refractivity contribution >= 4 is 34.8 Å². The molecule has 1 aromatic carbocycles. The zero-order valence-electron chi connectivity index (χ0n) is 12.6. The number of halogens is 1. The SMILES string of the molecule is CCOC(=O)CC1c2ccccc2C(=O)N1Cc1ccsc1Cl. The number of hydrogen-bond donors (Lipinski definition) is 0. The third-order valence-electron chi connectivity index (χ3n) is 3.89. The van der Waals surface area contributed by atoms with Crippen molar-refractivity contribution in [3.05, 3.63) is 56.7 Å². The van der Waals surface area contributed by atoms with E-state index >= 15 is 0 Å². The predicted octanol–water partition coefficient (Wildman–Crippen LogP) is 4.05. The Hall–Kier alpha value is -1.85. The molecule has 1 amide bonds. The summed E-state index contributed by atoms with van der Waals surface area (Å²) >= 11 is 7.60. The molecule has 4 nitrogen and oxygen atoms in total. The second-order valence-electron chi connectivity index (χ2n) is 5.26. The second-order valence-corrected chi connectivity index (χ2v) is 6.78. The molecule has 1 aliphatic heterocycles. The number of carbonyl (C=O) groups is 2. The number of rotatable bonds is 5. The summed E-state index contributed by atoms with van der Waals surface area (Å²) in [6.07, 6.45) is 0.151. The lowest BCUT2D eigenvalue weighted by atomic mass is 10.0. The van der Waals surface area contributed by atoms with Crippen molar-refractivity contribution in [1.29, 1.82) is 0 Å². The number of ether oxygens (including phenoxy) is 1. The molecule has 0 radical (unpaired) electrons. The summed E-state index contributed by atoms with van der Waals surface area (Å²) in [5.74, 6) is -0.374. The lowest BCUT2D eigenvalue weighted by Crippen LogP contribution is -2.29. The van der Waals surface area contributed by atoms with Crippen molar-refractivity contribution in [1.82, 2.24) is 4.90 Å². The van der Waals surface area contributed by atoms with E-state index in [1.165, 1.54) is 11.3 Å². The smallest absolute Gasteiger partial charge is 0.308 e. The zero-order valence-corrected chi connectivity index (χ0v) is 14.2. The quantitative estimate of drug-likeness (QED) is 0.765. The van der Waals surface area contributed by atoms with Gasteiger partial charge < -0.3 is 9.64 Å². The van der Waals surface area contributed by atoms with Gasteiger partial charge in [0.05, 0.1) is 23.4 Å². The Bertz CT molecular complexity index is 743. The number of benzene rings is 1. The highest BCUT2D eigenvalue weighted by Gasteiger charge is 2.38. The van der Waals surface area contributed by atoms with Crippen molar-refractivity contribution in [3.8, 4) is 0 Å². The highest BCUT2D eigenvalue weighted by atomic mass is 35.5. The highest BCUT2D eigenvalue weighted by Crippen LogP contribution is 2.38. The summed E-state index contributed by atoms with van der Waals surface area (Å²) in [5, 5.41) is 1.89. The van der Waals surface area contributed by atoms with Gasteiger partial charge in [0.2, 0.25) is 0 Å². The number of thiophene rings is 1. The molecule has 23 heavy (non-hydrogen) atoms. The zero-order chi connectivity index (χ0) is 16.4. The van der Waals surface area contributed by atoms with Gasteiger partial charge in [-0.15, -0.1) is 11.3 Å². The molecule has 2 aromatic rings. The summed E-state index contributed by atoms with van der Waals surface area (Å²) < 4.78 is 5.73. The molecule has 2 heterocycles. The number of amides is 1. The molecule has 1 unspecified atom stereocenters. The van der Waals surface area contributed by atoms with Gasteiger partial charge in [0, 0.05) is 17.7 Å². The van der Waals surface area contributed by atoms with Crippen LogP contribution in [0.3, 0.4) is 0 Å². The number of carbonyl (C=O) groups excluding carboxylic acids is 2. The van der Waals surface area contributed by atoms with Crippen LogP contribution in [-0.4, -0.2) is 23.4 Å². The molecule has 0 N–H and O–H groups in total. The largest absolute Gasteiger partial charge is 0.466 e. The van der Waals surface area contributed by atoms with Gasteiger partial charge in [-0.05, 0) is 30.0 Å². The Morgan fingerprint density at radius 2 is 2.13 bits per heavy atom. The van der Waals surface area contributed by atoms with Gasteiger partial charge in [-0.3, -0.25) is 9.59 Å². The van der Waals surface area contributed by atoms with Crippen LogP contribution in [0.2, 0.25) is 4.34 Å².